The molecule has 1 aliphatic heterocycles. The Hall–Kier alpha value is -3.17. The second-order valence-electron chi connectivity index (χ2n) is 9.42. The van der Waals surface area contributed by atoms with Crippen molar-refractivity contribution in [2.24, 2.45) is 21.5 Å². The fourth-order valence-electron chi connectivity index (χ4n) is 4.74. The molecule has 0 amide bonds. The van der Waals surface area contributed by atoms with E-state index in [0.717, 1.165) is 63.0 Å². The molecular formula is C27H41N7O2. The number of amidine groups is 1. The number of ether oxygens (including phenoxy) is 1. The molecule has 5 N–H and O–H groups in total. The normalized spacial score (nSPS) is 16.5. The SMILES string of the molecule is CCCC(C)N=C(N)c1c(N=CN)ccn(Cc2ccc(CN3CCC(NC)CC3)cc2OC)c1=O. The molecule has 0 saturated carbocycles. The van der Waals surface area contributed by atoms with Gasteiger partial charge in [-0.3, -0.25) is 14.7 Å². The van der Waals surface area contributed by atoms with Crippen LogP contribution in [0.4, 0.5) is 5.69 Å². The smallest absolute Gasteiger partial charge is 0.264 e. The zero-order valence-corrected chi connectivity index (χ0v) is 22.0. The van der Waals surface area contributed by atoms with E-state index in [1.165, 1.54) is 5.56 Å². The fourth-order valence-corrected chi connectivity index (χ4v) is 4.74. The van der Waals surface area contributed by atoms with E-state index in [2.05, 4.69) is 39.3 Å². The summed E-state index contributed by atoms with van der Waals surface area (Å²) in [5.74, 6) is 0.939. The average Bonchev–Trinajstić information content (AvgIpc) is 2.87. The Balaban J connectivity index is 1.85. The minimum absolute atomic E-state index is 0.00873. The van der Waals surface area contributed by atoms with Crippen LogP contribution < -0.4 is 27.1 Å². The van der Waals surface area contributed by atoms with Gasteiger partial charge in [-0.15, -0.1) is 0 Å². The Morgan fingerprint density at radius 2 is 2.03 bits per heavy atom. The first-order valence-corrected chi connectivity index (χ1v) is 12.8. The molecule has 36 heavy (non-hydrogen) atoms. The van der Waals surface area contributed by atoms with Gasteiger partial charge in [0.2, 0.25) is 0 Å². The molecule has 2 heterocycles. The van der Waals surface area contributed by atoms with Crippen LogP contribution in [0.25, 0.3) is 0 Å². The van der Waals surface area contributed by atoms with Crippen molar-refractivity contribution in [1.29, 1.82) is 0 Å². The first-order chi connectivity index (χ1) is 17.4. The third kappa shape index (κ3) is 6.95. The van der Waals surface area contributed by atoms with Crippen molar-refractivity contribution in [3.63, 3.8) is 0 Å². The van der Waals surface area contributed by atoms with Crippen LogP contribution >= 0.6 is 0 Å². The number of methoxy groups -OCH3 is 1. The standard InChI is InChI=1S/C27H41N7O2/c1-5-6-19(2)32-26(29)25-23(31-18-28)11-14-34(27(25)35)17-21-8-7-20(15-24(21)36-4)16-33-12-9-22(30-3)10-13-33/h7-8,11,14-15,18-19,22,30H,5-6,9-10,12-13,16-17H2,1-4H3,(H2,28,31)(H2,29,32). The number of likely N-dealkylation sites (tertiary alicyclic amines) is 1. The van der Waals surface area contributed by atoms with Gasteiger partial charge in [0, 0.05) is 30.4 Å². The number of pyridine rings is 1. The van der Waals surface area contributed by atoms with Gasteiger partial charge in [0.1, 0.15) is 17.1 Å². The molecule has 1 aromatic carbocycles. The molecule has 1 saturated heterocycles. The van der Waals surface area contributed by atoms with Crippen molar-refractivity contribution in [3.8, 4) is 5.75 Å². The fraction of sp³-hybridized carbons (Fsp3) is 0.519. The lowest BCUT2D eigenvalue weighted by Gasteiger charge is -2.31. The molecule has 1 unspecified atom stereocenters. The van der Waals surface area contributed by atoms with Gasteiger partial charge in [0.25, 0.3) is 5.56 Å². The van der Waals surface area contributed by atoms with E-state index in [0.29, 0.717) is 18.3 Å². The highest BCUT2D eigenvalue weighted by Crippen LogP contribution is 2.24. The molecule has 9 heteroatoms. The molecule has 196 valence electrons. The second-order valence-corrected chi connectivity index (χ2v) is 9.42. The number of rotatable bonds is 11. The molecule has 0 radical (unpaired) electrons. The van der Waals surface area contributed by atoms with Crippen molar-refractivity contribution >= 4 is 17.9 Å². The maximum atomic E-state index is 13.5. The first kappa shape index (κ1) is 27.4. The summed E-state index contributed by atoms with van der Waals surface area (Å²) < 4.78 is 7.32. The highest BCUT2D eigenvalue weighted by atomic mass is 16.5. The lowest BCUT2D eigenvalue weighted by Crippen LogP contribution is -2.40. The minimum Gasteiger partial charge on any atom is -0.496 e. The van der Waals surface area contributed by atoms with E-state index in [-0.39, 0.29) is 23.0 Å². The monoisotopic (exact) mass is 495 g/mol. The summed E-state index contributed by atoms with van der Waals surface area (Å²) in [6.45, 7) is 7.45. The predicted octanol–water partition coefficient (Wildman–Crippen LogP) is 2.60. The third-order valence-electron chi connectivity index (χ3n) is 6.77. The molecule has 2 aromatic rings. The van der Waals surface area contributed by atoms with Gasteiger partial charge >= 0.3 is 0 Å². The van der Waals surface area contributed by atoms with Crippen molar-refractivity contribution in [3.05, 3.63) is 57.5 Å². The lowest BCUT2D eigenvalue weighted by atomic mass is 10.0. The van der Waals surface area contributed by atoms with Gasteiger partial charge in [-0.25, -0.2) is 4.99 Å². The molecule has 1 aliphatic rings. The zero-order chi connectivity index (χ0) is 26.1. The molecule has 0 bridgehead atoms. The Morgan fingerprint density at radius 1 is 1.28 bits per heavy atom. The summed E-state index contributed by atoms with van der Waals surface area (Å²) in [5.41, 5.74) is 14.3. The average molecular weight is 496 g/mol. The largest absolute Gasteiger partial charge is 0.496 e. The van der Waals surface area contributed by atoms with Gasteiger partial charge in [-0.2, -0.15) is 0 Å². The number of nitrogens with zero attached hydrogens (tertiary/aromatic N) is 4. The van der Waals surface area contributed by atoms with Crippen LogP contribution in [0.2, 0.25) is 0 Å². The molecule has 0 aliphatic carbocycles. The quantitative estimate of drug-likeness (QED) is 0.325. The van der Waals surface area contributed by atoms with E-state index < -0.39 is 0 Å². The number of benzene rings is 1. The van der Waals surface area contributed by atoms with Crippen LogP contribution in [0.15, 0.2) is 45.2 Å². The summed E-state index contributed by atoms with van der Waals surface area (Å²) in [6.07, 6.45) is 7.04. The molecular weight excluding hydrogens is 454 g/mol. The summed E-state index contributed by atoms with van der Waals surface area (Å²) in [7, 11) is 3.69. The number of piperidine rings is 1. The first-order valence-electron chi connectivity index (χ1n) is 12.8. The number of hydrogen-bond donors (Lipinski definition) is 3. The van der Waals surface area contributed by atoms with E-state index >= 15 is 0 Å². The molecule has 1 fully saturated rings. The summed E-state index contributed by atoms with van der Waals surface area (Å²) in [5, 5.41) is 3.37. The number of aromatic nitrogens is 1. The Kier molecular flexibility index (Phi) is 10.1. The lowest BCUT2D eigenvalue weighted by molar-refractivity contribution is 0.194. The molecule has 1 aromatic heterocycles. The van der Waals surface area contributed by atoms with Gasteiger partial charge in [-0.1, -0.05) is 25.5 Å². The molecule has 0 spiro atoms. The van der Waals surface area contributed by atoms with Crippen LogP contribution in [-0.2, 0) is 13.1 Å². The van der Waals surface area contributed by atoms with E-state index in [1.807, 2.05) is 20.0 Å². The van der Waals surface area contributed by atoms with E-state index in [4.69, 9.17) is 16.2 Å². The van der Waals surface area contributed by atoms with Crippen molar-refractivity contribution in [2.45, 2.75) is 64.7 Å². The van der Waals surface area contributed by atoms with Crippen molar-refractivity contribution in [2.75, 3.05) is 27.2 Å². The second kappa shape index (κ2) is 13.2. The van der Waals surface area contributed by atoms with E-state index in [9.17, 15) is 4.79 Å². The highest BCUT2D eigenvalue weighted by molar-refractivity contribution is 6.01. The maximum absolute atomic E-state index is 13.5. The summed E-state index contributed by atoms with van der Waals surface area (Å²) in [4.78, 5) is 24.6. The third-order valence-corrected chi connectivity index (χ3v) is 6.77. The zero-order valence-electron chi connectivity index (χ0n) is 22.0. The molecule has 3 rings (SSSR count). The van der Waals surface area contributed by atoms with Crippen LogP contribution in [-0.4, -0.2) is 61.0 Å². The van der Waals surface area contributed by atoms with Crippen LogP contribution in [0.5, 0.6) is 5.75 Å². The Labute approximate surface area is 214 Å². The van der Waals surface area contributed by atoms with Crippen LogP contribution in [0.1, 0.15) is 56.2 Å². The maximum Gasteiger partial charge on any atom is 0.264 e. The van der Waals surface area contributed by atoms with Gasteiger partial charge in [0.15, 0.2) is 0 Å². The van der Waals surface area contributed by atoms with Gasteiger partial charge in [0.05, 0.1) is 25.7 Å². The van der Waals surface area contributed by atoms with Gasteiger partial charge < -0.3 is 26.1 Å². The van der Waals surface area contributed by atoms with Crippen LogP contribution in [0, 0.1) is 0 Å². The number of aliphatic imine (C=N–C) groups is 2. The topological polar surface area (TPSA) is 123 Å². The van der Waals surface area contributed by atoms with Crippen molar-refractivity contribution in [1.82, 2.24) is 14.8 Å². The van der Waals surface area contributed by atoms with Crippen LogP contribution in [0.3, 0.4) is 0 Å². The Morgan fingerprint density at radius 3 is 2.67 bits per heavy atom. The number of nitrogens with two attached hydrogens (primary N) is 2. The summed E-state index contributed by atoms with van der Waals surface area (Å²) in [6, 6.07) is 8.58. The summed E-state index contributed by atoms with van der Waals surface area (Å²) >= 11 is 0. The predicted molar refractivity (Wildman–Crippen MR) is 148 cm³/mol. The molecule has 1 atom stereocenters. The molecule has 9 nitrogen and oxygen atoms in total. The van der Waals surface area contributed by atoms with Crippen molar-refractivity contribution < 1.29 is 4.74 Å². The minimum atomic E-state index is -0.262. The number of nitrogens with one attached hydrogen (secondary N) is 1. The number of hydrogen-bond acceptors (Lipinski definition) is 6. The highest BCUT2D eigenvalue weighted by Gasteiger charge is 2.19. The van der Waals surface area contributed by atoms with Gasteiger partial charge in [-0.05, 0) is 64.0 Å². The van der Waals surface area contributed by atoms with E-state index in [1.54, 1.807) is 23.9 Å². The Bertz CT molecular complexity index is 1120.